The second-order valence-corrected chi connectivity index (χ2v) is 8.33. The molecule has 0 aliphatic carbocycles. The Morgan fingerprint density at radius 3 is 2.26 bits per heavy atom. The second-order valence-electron chi connectivity index (χ2n) is 6.39. The molecule has 7 nitrogen and oxygen atoms in total. The smallest absolute Gasteiger partial charge is 0.244 e. The Hall–Kier alpha value is -2.19. The molecule has 1 aromatic rings. The van der Waals surface area contributed by atoms with Crippen molar-refractivity contribution in [3.63, 3.8) is 0 Å². The number of carbonyl (C=O) groups is 2. The van der Waals surface area contributed by atoms with Crippen LogP contribution in [0.25, 0.3) is 6.08 Å². The third kappa shape index (κ3) is 6.48. The van der Waals surface area contributed by atoms with Gasteiger partial charge in [0.25, 0.3) is 0 Å². The molecule has 0 bridgehead atoms. The molecule has 148 valence electrons. The maximum Gasteiger partial charge on any atom is 0.244 e. The van der Waals surface area contributed by atoms with Crippen LogP contribution in [0.4, 0.5) is 0 Å². The molecule has 0 saturated carbocycles. The number of hydrogen-bond donors (Lipinski definition) is 2. The Morgan fingerprint density at radius 2 is 1.67 bits per heavy atom. The van der Waals surface area contributed by atoms with E-state index in [2.05, 4.69) is 10.6 Å². The summed E-state index contributed by atoms with van der Waals surface area (Å²) in [5.74, 6) is -0.634. The minimum absolute atomic E-state index is 0.0793. The van der Waals surface area contributed by atoms with Crippen molar-refractivity contribution in [2.75, 3.05) is 26.2 Å². The SMILES string of the molecule is CCNC(=O)CNC(=O)/C=C/c1ccc(S(=O)(=O)N2CCCCCC2)cc1. The van der Waals surface area contributed by atoms with E-state index in [4.69, 9.17) is 0 Å². The molecule has 2 amide bonds. The molecule has 1 fully saturated rings. The minimum atomic E-state index is -3.47. The lowest BCUT2D eigenvalue weighted by Crippen LogP contribution is -2.35. The number of benzene rings is 1. The number of rotatable bonds is 7. The number of nitrogens with one attached hydrogen (secondary N) is 2. The Morgan fingerprint density at radius 1 is 1.04 bits per heavy atom. The van der Waals surface area contributed by atoms with Crippen molar-refractivity contribution in [1.82, 2.24) is 14.9 Å². The molecule has 1 aromatic carbocycles. The van der Waals surface area contributed by atoms with Gasteiger partial charge in [-0.2, -0.15) is 4.31 Å². The van der Waals surface area contributed by atoms with Gasteiger partial charge in [0.1, 0.15) is 0 Å². The third-order valence-electron chi connectivity index (χ3n) is 4.31. The zero-order valence-corrected chi connectivity index (χ0v) is 16.4. The van der Waals surface area contributed by atoms with Gasteiger partial charge in [0.2, 0.25) is 21.8 Å². The molecule has 0 atom stereocenters. The summed E-state index contributed by atoms with van der Waals surface area (Å²) in [6.07, 6.45) is 6.82. The molecule has 1 heterocycles. The van der Waals surface area contributed by atoms with Crippen LogP contribution < -0.4 is 10.6 Å². The number of hydrogen-bond acceptors (Lipinski definition) is 4. The van der Waals surface area contributed by atoms with Crippen LogP contribution in [0.3, 0.4) is 0 Å². The molecule has 2 N–H and O–H groups in total. The van der Waals surface area contributed by atoms with Gasteiger partial charge in [-0.15, -0.1) is 0 Å². The van der Waals surface area contributed by atoms with Crippen LogP contribution in [-0.2, 0) is 19.6 Å². The predicted molar refractivity (Wildman–Crippen MR) is 104 cm³/mol. The predicted octanol–water partition coefficient (Wildman–Crippen LogP) is 1.52. The van der Waals surface area contributed by atoms with Crippen molar-refractivity contribution in [2.24, 2.45) is 0 Å². The quantitative estimate of drug-likeness (QED) is 0.687. The fourth-order valence-corrected chi connectivity index (χ4v) is 4.36. The molecular formula is C19H27N3O4S. The second kappa shape index (κ2) is 10.2. The molecule has 2 rings (SSSR count). The molecule has 0 unspecified atom stereocenters. The maximum absolute atomic E-state index is 12.7. The Bertz CT molecular complexity index is 765. The maximum atomic E-state index is 12.7. The van der Waals surface area contributed by atoms with E-state index in [0.29, 0.717) is 25.2 Å². The Labute approximate surface area is 160 Å². The summed E-state index contributed by atoms with van der Waals surface area (Å²) in [6, 6.07) is 6.45. The average molecular weight is 394 g/mol. The van der Waals surface area contributed by atoms with Crippen molar-refractivity contribution in [3.8, 4) is 0 Å². The van der Waals surface area contributed by atoms with E-state index in [9.17, 15) is 18.0 Å². The summed E-state index contributed by atoms with van der Waals surface area (Å²) < 4.78 is 27.0. The van der Waals surface area contributed by atoms with Crippen molar-refractivity contribution in [3.05, 3.63) is 35.9 Å². The average Bonchev–Trinajstić information content (AvgIpc) is 2.95. The molecule has 0 spiro atoms. The fraction of sp³-hybridized carbons (Fsp3) is 0.474. The highest BCUT2D eigenvalue weighted by Gasteiger charge is 2.24. The number of likely N-dealkylation sites (N-methyl/N-ethyl adjacent to an activating group) is 1. The normalized spacial score (nSPS) is 16.0. The zero-order chi connectivity index (χ0) is 19.7. The lowest BCUT2D eigenvalue weighted by atomic mass is 10.2. The zero-order valence-electron chi connectivity index (χ0n) is 15.6. The van der Waals surface area contributed by atoms with Gasteiger partial charge in [-0.3, -0.25) is 9.59 Å². The van der Waals surface area contributed by atoms with Crippen LogP contribution in [0, 0.1) is 0 Å². The van der Waals surface area contributed by atoms with Crippen molar-refractivity contribution in [2.45, 2.75) is 37.5 Å². The first-order valence-corrected chi connectivity index (χ1v) is 10.7. The fourth-order valence-electron chi connectivity index (χ4n) is 2.84. The summed E-state index contributed by atoms with van der Waals surface area (Å²) in [7, 11) is -3.47. The van der Waals surface area contributed by atoms with E-state index in [1.165, 1.54) is 6.08 Å². The van der Waals surface area contributed by atoms with Gasteiger partial charge >= 0.3 is 0 Å². The number of carbonyl (C=O) groups excluding carboxylic acids is 2. The molecule has 0 radical (unpaired) electrons. The number of nitrogens with zero attached hydrogens (tertiary/aromatic N) is 1. The van der Waals surface area contributed by atoms with Crippen molar-refractivity contribution < 1.29 is 18.0 Å². The van der Waals surface area contributed by atoms with Gasteiger partial charge in [0.05, 0.1) is 11.4 Å². The Kier molecular flexibility index (Phi) is 7.99. The summed E-state index contributed by atoms with van der Waals surface area (Å²) >= 11 is 0. The van der Waals surface area contributed by atoms with Gasteiger partial charge in [0.15, 0.2) is 0 Å². The standard InChI is InChI=1S/C19H27N3O4S/c1-2-20-19(24)15-21-18(23)12-9-16-7-10-17(11-8-16)27(25,26)22-13-5-3-4-6-14-22/h7-12H,2-6,13-15H2,1H3,(H,20,24)(H,21,23)/b12-9+. The highest BCUT2D eigenvalue weighted by molar-refractivity contribution is 7.89. The van der Waals surface area contributed by atoms with Crippen LogP contribution in [0.1, 0.15) is 38.2 Å². The van der Waals surface area contributed by atoms with Gasteiger partial charge in [-0.05, 0) is 43.5 Å². The highest BCUT2D eigenvalue weighted by Crippen LogP contribution is 2.20. The largest absolute Gasteiger partial charge is 0.355 e. The lowest BCUT2D eigenvalue weighted by molar-refractivity contribution is -0.123. The Balaban J connectivity index is 1.96. The monoisotopic (exact) mass is 393 g/mol. The van der Waals surface area contributed by atoms with E-state index in [-0.39, 0.29) is 23.3 Å². The van der Waals surface area contributed by atoms with Crippen LogP contribution in [0.2, 0.25) is 0 Å². The van der Waals surface area contributed by atoms with Crippen LogP contribution in [0.5, 0.6) is 0 Å². The molecule has 1 saturated heterocycles. The molecule has 1 aliphatic rings. The van der Waals surface area contributed by atoms with Crippen molar-refractivity contribution in [1.29, 1.82) is 0 Å². The van der Waals surface area contributed by atoms with E-state index in [0.717, 1.165) is 25.7 Å². The van der Waals surface area contributed by atoms with Gasteiger partial charge in [-0.25, -0.2) is 8.42 Å². The summed E-state index contributed by atoms with van der Waals surface area (Å²) in [6.45, 7) is 3.36. The lowest BCUT2D eigenvalue weighted by Gasteiger charge is -2.19. The summed E-state index contributed by atoms with van der Waals surface area (Å²) in [5, 5.41) is 5.07. The first-order chi connectivity index (χ1) is 12.9. The van der Waals surface area contributed by atoms with Crippen LogP contribution >= 0.6 is 0 Å². The van der Waals surface area contributed by atoms with E-state index < -0.39 is 10.0 Å². The van der Waals surface area contributed by atoms with Gasteiger partial charge < -0.3 is 10.6 Å². The van der Waals surface area contributed by atoms with Gasteiger partial charge in [-0.1, -0.05) is 25.0 Å². The molecular weight excluding hydrogens is 366 g/mol. The van der Waals surface area contributed by atoms with Gasteiger partial charge in [0, 0.05) is 25.7 Å². The topological polar surface area (TPSA) is 95.6 Å². The third-order valence-corrected chi connectivity index (χ3v) is 6.22. The van der Waals surface area contributed by atoms with Crippen LogP contribution in [0.15, 0.2) is 35.2 Å². The molecule has 8 heteroatoms. The van der Waals surface area contributed by atoms with Crippen LogP contribution in [-0.4, -0.2) is 50.7 Å². The molecule has 27 heavy (non-hydrogen) atoms. The van der Waals surface area contributed by atoms with E-state index in [1.54, 1.807) is 41.6 Å². The highest BCUT2D eigenvalue weighted by atomic mass is 32.2. The minimum Gasteiger partial charge on any atom is -0.355 e. The number of sulfonamides is 1. The molecule has 0 aromatic heterocycles. The van der Waals surface area contributed by atoms with Crippen molar-refractivity contribution >= 4 is 27.9 Å². The van der Waals surface area contributed by atoms with E-state index in [1.807, 2.05) is 0 Å². The van der Waals surface area contributed by atoms with E-state index >= 15 is 0 Å². The first kappa shape index (κ1) is 21.1. The first-order valence-electron chi connectivity index (χ1n) is 9.26. The number of amides is 2. The summed E-state index contributed by atoms with van der Waals surface area (Å²) in [5.41, 5.74) is 0.706. The summed E-state index contributed by atoms with van der Waals surface area (Å²) in [4.78, 5) is 23.3. The molecule has 1 aliphatic heterocycles.